The van der Waals surface area contributed by atoms with Gasteiger partial charge in [0.15, 0.2) is 5.11 Å². The van der Waals surface area contributed by atoms with E-state index >= 15 is 0 Å². The number of nitrogens with one attached hydrogen (secondary N) is 3. The number of methoxy groups -OCH3 is 1. The van der Waals surface area contributed by atoms with Gasteiger partial charge in [0.05, 0.1) is 18.3 Å². The number of thiocarbonyl (C=S) groups is 1. The van der Waals surface area contributed by atoms with E-state index in [-0.39, 0.29) is 0 Å². The fraction of sp³-hybridized carbons (Fsp3) is 0.375. The molecule has 0 amide bonds. The van der Waals surface area contributed by atoms with E-state index < -0.39 is 0 Å². The molecule has 8 heteroatoms. The summed E-state index contributed by atoms with van der Waals surface area (Å²) in [5, 5.41) is 11.9. The van der Waals surface area contributed by atoms with Crippen molar-refractivity contribution in [3.8, 4) is 5.75 Å². The smallest absolute Gasteiger partial charge is 0.225 e. The SMILES string of the molecule is COc1ccccc1NC(=S)N[C@H]1CC[C@@H](Nc2nc(N(C)C)c3ccccc3n2)CC1. The first kappa shape index (κ1) is 22.1. The number of benzene rings is 2. The number of hydrogen-bond acceptors (Lipinski definition) is 6. The van der Waals surface area contributed by atoms with Crippen LogP contribution < -0.4 is 25.6 Å². The van der Waals surface area contributed by atoms with Crippen LogP contribution in [0.3, 0.4) is 0 Å². The van der Waals surface area contributed by atoms with E-state index in [4.69, 9.17) is 26.9 Å². The highest BCUT2D eigenvalue weighted by Crippen LogP contribution is 2.27. The first-order valence-corrected chi connectivity index (χ1v) is 11.4. The van der Waals surface area contributed by atoms with E-state index in [2.05, 4.69) is 22.0 Å². The summed E-state index contributed by atoms with van der Waals surface area (Å²) in [5.74, 6) is 2.40. The van der Waals surface area contributed by atoms with Crippen molar-refractivity contribution in [2.75, 3.05) is 36.7 Å². The lowest BCUT2D eigenvalue weighted by molar-refractivity contribution is 0.387. The van der Waals surface area contributed by atoms with Crippen LogP contribution >= 0.6 is 12.2 Å². The summed E-state index contributed by atoms with van der Waals surface area (Å²) in [6, 6.07) is 16.6. The van der Waals surface area contributed by atoms with Gasteiger partial charge in [0.25, 0.3) is 0 Å². The third-order valence-corrected chi connectivity index (χ3v) is 5.98. The van der Waals surface area contributed by atoms with E-state index in [9.17, 15) is 0 Å². The molecule has 0 atom stereocenters. The number of ether oxygens (including phenoxy) is 1. The average molecular weight is 451 g/mol. The zero-order valence-corrected chi connectivity index (χ0v) is 19.6. The normalized spacial score (nSPS) is 18.1. The van der Waals surface area contributed by atoms with Gasteiger partial charge in [-0.2, -0.15) is 4.98 Å². The number of rotatable bonds is 6. The molecule has 1 heterocycles. The maximum absolute atomic E-state index is 5.52. The molecule has 0 spiro atoms. The van der Waals surface area contributed by atoms with Gasteiger partial charge in [0.2, 0.25) is 5.95 Å². The van der Waals surface area contributed by atoms with Crippen LogP contribution in [-0.4, -0.2) is 48.4 Å². The molecule has 3 N–H and O–H groups in total. The van der Waals surface area contributed by atoms with Gasteiger partial charge in [-0.15, -0.1) is 0 Å². The van der Waals surface area contributed by atoms with Gasteiger partial charge in [-0.3, -0.25) is 0 Å². The van der Waals surface area contributed by atoms with Crippen LogP contribution in [0, 0.1) is 0 Å². The predicted molar refractivity (Wildman–Crippen MR) is 136 cm³/mol. The second kappa shape index (κ2) is 9.99. The van der Waals surface area contributed by atoms with Crippen molar-refractivity contribution in [2.24, 2.45) is 0 Å². The van der Waals surface area contributed by atoms with E-state index in [1.54, 1.807) is 7.11 Å². The van der Waals surface area contributed by atoms with Crippen molar-refractivity contribution in [1.29, 1.82) is 0 Å². The summed E-state index contributed by atoms with van der Waals surface area (Å²) in [6.07, 6.45) is 4.11. The van der Waals surface area contributed by atoms with E-state index in [0.717, 1.165) is 53.8 Å². The summed E-state index contributed by atoms with van der Waals surface area (Å²) in [5.41, 5.74) is 1.82. The first-order chi connectivity index (χ1) is 15.5. The summed E-state index contributed by atoms with van der Waals surface area (Å²) in [4.78, 5) is 11.5. The molecule has 3 aromatic rings. The minimum atomic E-state index is 0.345. The van der Waals surface area contributed by atoms with Crippen LogP contribution in [0.2, 0.25) is 0 Å². The molecule has 7 nitrogen and oxygen atoms in total. The van der Waals surface area contributed by atoms with Gasteiger partial charge >= 0.3 is 0 Å². The Balaban J connectivity index is 1.33. The van der Waals surface area contributed by atoms with Crippen molar-refractivity contribution in [3.63, 3.8) is 0 Å². The quantitative estimate of drug-likeness (QED) is 0.477. The maximum Gasteiger partial charge on any atom is 0.225 e. The molecule has 1 aromatic heterocycles. The van der Waals surface area contributed by atoms with Crippen LogP contribution in [0.1, 0.15) is 25.7 Å². The van der Waals surface area contributed by atoms with E-state index in [1.165, 1.54) is 0 Å². The standard InChI is InChI=1S/C24H30N6OS/c1-30(2)22-18-8-4-5-9-19(18)27-23(29-22)25-16-12-14-17(15-13-16)26-24(32)28-20-10-6-7-11-21(20)31-3/h4-11,16-17H,12-15H2,1-3H3,(H,25,27,29)(H2,26,28,32)/t16-,17+. The van der Waals surface area contributed by atoms with Crippen molar-refractivity contribution in [1.82, 2.24) is 15.3 Å². The van der Waals surface area contributed by atoms with Gasteiger partial charge < -0.3 is 25.6 Å². The van der Waals surface area contributed by atoms with Crippen molar-refractivity contribution in [2.45, 2.75) is 37.8 Å². The van der Waals surface area contributed by atoms with Crippen molar-refractivity contribution < 1.29 is 4.74 Å². The number of fused-ring (bicyclic) bond motifs is 1. The molecule has 1 aliphatic rings. The number of nitrogens with zero attached hydrogens (tertiary/aromatic N) is 3. The second-order valence-corrected chi connectivity index (χ2v) is 8.68. The van der Waals surface area contributed by atoms with Crippen LogP contribution in [-0.2, 0) is 0 Å². The molecular weight excluding hydrogens is 420 g/mol. The Labute approximate surface area is 194 Å². The van der Waals surface area contributed by atoms with Gasteiger partial charge in [-0.05, 0) is 62.2 Å². The fourth-order valence-electron chi connectivity index (χ4n) is 4.12. The molecule has 0 aliphatic heterocycles. The molecule has 0 unspecified atom stereocenters. The Hall–Kier alpha value is -3.13. The van der Waals surface area contributed by atoms with Gasteiger partial charge in [0.1, 0.15) is 11.6 Å². The Morgan fingerprint density at radius 2 is 1.66 bits per heavy atom. The van der Waals surface area contributed by atoms with Crippen molar-refractivity contribution in [3.05, 3.63) is 48.5 Å². The molecule has 2 aromatic carbocycles. The fourth-order valence-corrected chi connectivity index (χ4v) is 4.40. The van der Waals surface area contributed by atoms with Gasteiger partial charge in [-0.1, -0.05) is 24.3 Å². The summed E-state index contributed by atoms with van der Waals surface area (Å²) >= 11 is 5.52. The predicted octanol–water partition coefficient (Wildman–Crippen LogP) is 4.41. The lowest BCUT2D eigenvalue weighted by Gasteiger charge is -2.30. The molecule has 0 saturated heterocycles. The number of anilines is 3. The number of aromatic nitrogens is 2. The molecular formula is C24H30N6OS. The zero-order valence-electron chi connectivity index (χ0n) is 18.8. The minimum absolute atomic E-state index is 0.345. The molecule has 32 heavy (non-hydrogen) atoms. The average Bonchev–Trinajstić information content (AvgIpc) is 2.80. The Morgan fingerprint density at radius 1 is 0.969 bits per heavy atom. The third kappa shape index (κ3) is 5.19. The molecule has 0 radical (unpaired) electrons. The van der Waals surface area contributed by atoms with Gasteiger partial charge in [0, 0.05) is 31.6 Å². The van der Waals surface area contributed by atoms with E-state index in [1.807, 2.05) is 61.5 Å². The molecule has 168 valence electrons. The molecule has 1 saturated carbocycles. The minimum Gasteiger partial charge on any atom is -0.495 e. The Bertz CT molecular complexity index is 1080. The lowest BCUT2D eigenvalue weighted by atomic mass is 9.91. The monoisotopic (exact) mass is 450 g/mol. The highest BCUT2D eigenvalue weighted by atomic mass is 32.1. The zero-order chi connectivity index (χ0) is 22.5. The van der Waals surface area contributed by atoms with Crippen molar-refractivity contribution >= 4 is 45.7 Å². The van der Waals surface area contributed by atoms with Crippen LogP contribution in [0.25, 0.3) is 10.9 Å². The van der Waals surface area contributed by atoms with Gasteiger partial charge in [-0.25, -0.2) is 4.98 Å². The molecule has 1 fully saturated rings. The van der Waals surface area contributed by atoms with Crippen LogP contribution in [0.5, 0.6) is 5.75 Å². The highest BCUT2D eigenvalue weighted by molar-refractivity contribution is 7.80. The van der Waals surface area contributed by atoms with Crippen LogP contribution in [0.15, 0.2) is 48.5 Å². The number of para-hydroxylation sites is 3. The molecule has 1 aliphatic carbocycles. The molecule has 0 bridgehead atoms. The Kier molecular flexibility index (Phi) is 6.90. The second-order valence-electron chi connectivity index (χ2n) is 8.27. The summed E-state index contributed by atoms with van der Waals surface area (Å²) in [7, 11) is 5.68. The topological polar surface area (TPSA) is 74.3 Å². The summed E-state index contributed by atoms with van der Waals surface area (Å²) < 4.78 is 5.38. The first-order valence-electron chi connectivity index (χ1n) is 10.9. The largest absolute Gasteiger partial charge is 0.495 e. The Morgan fingerprint density at radius 3 is 2.41 bits per heavy atom. The highest BCUT2D eigenvalue weighted by Gasteiger charge is 2.23. The molecule has 4 rings (SSSR count). The third-order valence-electron chi connectivity index (χ3n) is 5.76. The van der Waals surface area contributed by atoms with E-state index in [0.29, 0.717) is 23.1 Å². The maximum atomic E-state index is 5.52. The number of hydrogen-bond donors (Lipinski definition) is 3. The summed E-state index contributed by atoms with van der Waals surface area (Å²) in [6.45, 7) is 0. The van der Waals surface area contributed by atoms with Crippen LogP contribution in [0.4, 0.5) is 17.5 Å². The lowest BCUT2D eigenvalue weighted by Crippen LogP contribution is -2.42.